The summed E-state index contributed by atoms with van der Waals surface area (Å²) < 4.78 is 0. The molecule has 1 aliphatic carbocycles. The zero-order chi connectivity index (χ0) is 13.1. The summed E-state index contributed by atoms with van der Waals surface area (Å²) in [5, 5.41) is 0. The number of hydrogen-bond acceptors (Lipinski definition) is 2. The van der Waals surface area contributed by atoms with Gasteiger partial charge in [-0.2, -0.15) is 0 Å². The van der Waals surface area contributed by atoms with Crippen molar-refractivity contribution in [3.05, 3.63) is 29.3 Å². The molecule has 0 unspecified atom stereocenters. The maximum Gasteiger partial charge on any atom is 0.255 e. The predicted octanol–water partition coefficient (Wildman–Crippen LogP) is 2.84. The van der Waals surface area contributed by atoms with Crippen molar-refractivity contribution in [1.82, 2.24) is 4.90 Å². The third kappa shape index (κ3) is 2.84. The van der Waals surface area contributed by atoms with E-state index in [1.54, 1.807) is 0 Å². The first-order valence-electron chi connectivity index (χ1n) is 6.69. The minimum atomic E-state index is 0.0445. The maximum atomic E-state index is 12.4. The minimum absolute atomic E-state index is 0.0445. The van der Waals surface area contributed by atoms with Gasteiger partial charge in [-0.15, -0.1) is 0 Å². The van der Waals surface area contributed by atoms with Gasteiger partial charge in [-0.25, -0.2) is 0 Å². The van der Waals surface area contributed by atoms with E-state index in [0.29, 0.717) is 17.2 Å². The summed E-state index contributed by atoms with van der Waals surface area (Å²) in [5.74, 6) is 0.716. The van der Waals surface area contributed by atoms with Crippen LogP contribution in [0, 0.1) is 12.8 Å². The topological polar surface area (TPSA) is 46.3 Å². The van der Waals surface area contributed by atoms with Gasteiger partial charge in [-0.3, -0.25) is 4.79 Å². The maximum absolute atomic E-state index is 12.4. The molecule has 2 N–H and O–H groups in total. The Morgan fingerprint density at radius 3 is 2.72 bits per heavy atom. The molecule has 0 radical (unpaired) electrons. The highest BCUT2D eigenvalue weighted by Crippen LogP contribution is 2.26. The van der Waals surface area contributed by atoms with Crippen molar-refractivity contribution in [2.24, 2.45) is 5.92 Å². The van der Waals surface area contributed by atoms with Gasteiger partial charge < -0.3 is 10.6 Å². The molecule has 0 heterocycles. The van der Waals surface area contributed by atoms with Crippen LogP contribution in [0.25, 0.3) is 0 Å². The largest absolute Gasteiger partial charge is 0.398 e. The average Bonchev–Trinajstić information content (AvgIpc) is 2.84. The Morgan fingerprint density at radius 1 is 1.39 bits per heavy atom. The predicted molar refractivity (Wildman–Crippen MR) is 74.5 cm³/mol. The number of anilines is 1. The second-order valence-corrected chi connectivity index (χ2v) is 5.43. The van der Waals surface area contributed by atoms with Crippen LogP contribution in [-0.2, 0) is 0 Å². The molecule has 3 nitrogen and oxygen atoms in total. The Hall–Kier alpha value is -1.51. The van der Waals surface area contributed by atoms with Gasteiger partial charge in [0.05, 0.1) is 5.56 Å². The number of nitrogens with two attached hydrogens (primary N) is 1. The number of nitrogen functional groups attached to an aromatic ring is 1. The number of aryl methyl sites for hydroxylation is 1. The van der Waals surface area contributed by atoms with Crippen LogP contribution < -0.4 is 5.73 Å². The molecule has 0 aromatic heterocycles. The molecular formula is C15H22N2O. The van der Waals surface area contributed by atoms with Crippen LogP contribution in [-0.4, -0.2) is 24.4 Å². The number of nitrogens with zero attached hydrogens (tertiary/aromatic N) is 1. The quantitative estimate of drug-likeness (QED) is 0.834. The van der Waals surface area contributed by atoms with Gasteiger partial charge in [0.2, 0.25) is 0 Å². The fourth-order valence-electron chi connectivity index (χ4n) is 2.72. The summed E-state index contributed by atoms with van der Waals surface area (Å²) in [7, 11) is 1.88. The first-order chi connectivity index (χ1) is 8.58. The summed E-state index contributed by atoms with van der Waals surface area (Å²) in [4.78, 5) is 14.2. The van der Waals surface area contributed by atoms with E-state index in [0.717, 1.165) is 12.1 Å². The number of amides is 1. The number of carbonyl (C=O) groups excluding carboxylic acids is 1. The van der Waals surface area contributed by atoms with Gasteiger partial charge in [-0.05, 0) is 37.8 Å². The summed E-state index contributed by atoms with van der Waals surface area (Å²) in [6, 6.07) is 5.62. The Bertz CT molecular complexity index is 436. The lowest BCUT2D eigenvalue weighted by Crippen LogP contribution is -2.31. The second-order valence-electron chi connectivity index (χ2n) is 5.43. The van der Waals surface area contributed by atoms with Gasteiger partial charge in [0, 0.05) is 19.3 Å². The normalized spacial score (nSPS) is 15.9. The Kier molecular flexibility index (Phi) is 3.90. The van der Waals surface area contributed by atoms with Crippen LogP contribution in [0.1, 0.15) is 41.6 Å². The van der Waals surface area contributed by atoms with Crippen molar-refractivity contribution in [3.63, 3.8) is 0 Å². The van der Waals surface area contributed by atoms with E-state index in [1.807, 2.05) is 37.1 Å². The van der Waals surface area contributed by atoms with Crippen LogP contribution in [0.3, 0.4) is 0 Å². The molecule has 3 heteroatoms. The summed E-state index contributed by atoms with van der Waals surface area (Å²) >= 11 is 0. The Balaban J connectivity index is 2.07. The van der Waals surface area contributed by atoms with Crippen molar-refractivity contribution >= 4 is 11.6 Å². The highest BCUT2D eigenvalue weighted by molar-refractivity contribution is 5.99. The lowest BCUT2D eigenvalue weighted by molar-refractivity contribution is 0.0774. The molecule has 0 bridgehead atoms. The molecule has 1 amide bonds. The molecule has 0 saturated heterocycles. The van der Waals surface area contributed by atoms with E-state index in [2.05, 4.69) is 0 Å². The van der Waals surface area contributed by atoms with E-state index in [1.165, 1.54) is 25.7 Å². The van der Waals surface area contributed by atoms with E-state index in [4.69, 9.17) is 5.73 Å². The van der Waals surface area contributed by atoms with Crippen molar-refractivity contribution < 1.29 is 4.79 Å². The van der Waals surface area contributed by atoms with Crippen LogP contribution in [0.2, 0.25) is 0 Å². The molecule has 0 aliphatic heterocycles. The minimum Gasteiger partial charge on any atom is -0.398 e. The van der Waals surface area contributed by atoms with E-state index < -0.39 is 0 Å². The van der Waals surface area contributed by atoms with Crippen LogP contribution in [0.4, 0.5) is 5.69 Å². The van der Waals surface area contributed by atoms with E-state index >= 15 is 0 Å². The smallest absolute Gasteiger partial charge is 0.255 e. The number of carbonyl (C=O) groups is 1. The summed E-state index contributed by atoms with van der Waals surface area (Å²) in [5.41, 5.74) is 8.17. The van der Waals surface area contributed by atoms with Crippen LogP contribution in [0.5, 0.6) is 0 Å². The highest BCUT2D eigenvalue weighted by atomic mass is 16.2. The second kappa shape index (κ2) is 5.42. The van der Waals surface area contributed by atoms with Crippen molar-refractivity contribution in [2.45, 2.75) is 32.6 Å². The number of hydrogen-bond donors (Lipinski definition) is 1. The molecule has 1 fully saturated rings. The van der Waals surface area contributed by atoms with Gasteiger partial charge in [0.1, 0.15) is 0 Å². The van der Waals surface area contributed by atoms with Crippen molar-refractivity contribution in [2.75, 3.05) is 19.3 Å². The van der Waals surface area contributed by atoms with E-state index in [9.17, 15) is 4.79 Å². The monoisotopic (exact) mass is 246 g/mol. The number of benzene rings is 1. The molecule has 18 heavy (non-hydrogen) atoms. The molecule has 1 aromatic rings. The molecule has 98 valence electrons. The first kappa shape index (κ1) is 12.9. The first-order valence-corrected chi connectivity index (χ1v) is 6.69. The molecule has 0 spiro atoms. The lowest BCUT2D eigenvalue weighted by Gasteiger charge is -2.22. The zero-order valence-corrected chi connectivity index (χ0v) is 11.3. The standard InChI is InChI=1S/C15H22N2O/c1-11-7-8-14(16)13(9-11)15(18)17(2)10-12-5-3-4-6-12/h7-9,12H,3-6,10,16H2,1-2H3. The van der Waals surface area contributed by atoms with Gasteiger partial charge in [0.25, 0.3) is 5.91 Å². The van der Waals surface area contributed by atoms with Crippen molar-refractivity contribution in [1.29, 1.82) is 0 Å². The Morgan fingerprint density at radius 2 is 2.06 bits per heavy atom. The molecule has 0 atom stereocenters. The Labute approximate surface area is 109 Å². The summed E-state index contributed by atoms with van der Waals surface area (Å²) in [6.45, 7) is 2.83. The lowest BCUT2D eigenvalue weighted by atomic mass is 10.1. The molecule has 1 aliphatic rings. The third-order valence-electron chi connectivity index (χ3n) is 3.79. The van der Waals surface area contributed by atoms with Crippen molar-refractivity contribution in [3.8, 4) is 0 Å². The zero-order valence-electron chi connectivity index (χ0n) is 11.3. The molecule has 1 saturated carbocycles. The number of rotatable bonds is 3. The fraction of sp³-hybridized carbons (Fsp3) is 0.533. The SMILES string of the molecule is Cc1ccc(N)c(C(=O)N(C)CC2CCCC2)c1. The van der Waals surface area contributed by atoms with E-state index in [-0.39, 0.29) is 5.91 Å². The van der Waals surface area contributed by atoms with Gasteiger partial charge in [-0.1, -0.05) is 24.5 Å². The fourth-order valence-corrected chi connectivity index (χ4v) is 2.72. The molecule has 1 aromatic carbocycles. The van der Waals surface area contributed by atoms with Crippen LogP contribution in [0.15, 0.2) is 18.2 Å². The average molecular weight is 246 g/mol. The third-order valence-corrected chi connectivity index (χ3v) is 3.79. The van der Waals surface area contributed by atoms with Gasteiger partial charge >= 0.3 is 0 Å². The van der Waals surface area contributed by atoms with Gasteiger partial charge in [0.15, 0.2) is 0 Å². The molecule has 2 rings (SSSR count). The molecular weight excluding hydrogens is 224 g/mol. The highest BCUT2D eigenvalue weighted by Gasteiger charge is 2.21. The van der Waals surface area contributed by atoms with Crippen LogP contribution >= 0.6 is 0 Å². The summed E-state index contributed by atoms with van der Waals surface area (Å²) in [6.07, 6.45) is 5.11.